The lowest BCUT2D eigenvalue weighted by molar-refractivity contribution is 0.581. The molecule has 0 unspecified atom stereocenters. The zero-order valence-electron chi connectivity index (χ0n) is 10.4. The SMILES string of the molecule is Cc1ncsc1CNS(=O)(=O)c1cc(Br)c(F)cc1N. The van der Waals surface area contributed by atoms with E-state index < -0.39 is 15.8 Å². The summed E-state index contributed by atoms with van der Waals surface area (Å²) in [6.45, 7) is 1.91. The van der Waals surface area contributed by atoms with Gasteiger partial charge in [0.05, 0.1) is 21.4 Å². The van der Waals surface area contributed by atoms with Crippen molar-refractivity contribution in [2.24, 2.45) is 0 Å². The van der Waals surface area contributed by atoms with Crippen LogP contribution >= 0.6 is 27.3 Å². The number of rotatable bonds is 4. The Morgan fingerprint density at radius 1 is 1.50 bits per heavy atom. The average Bonchev–Trinajstić information content (AvgIpc) is 2.77. The van der Waals surface area contributed by atoms with Gasteiger partial charge in [-0.1, -0.05) is 0 Å². The maximum atomic E-state index is 13.3. The molecule has 0 amide bonds. The van der Waals surface area contributed by atoms with Crippen LogP contribution in [0.15, 0.2) is 27.0 Å². The summed E-state index contributed by atoms with van der Waals surface area (Å²) in [4.78, 5) is 4.69. The maximum Gasteiger partial charge on any atom is 0.242 e. The smallest absolute Gasteiger partial charge is 0.242 e. The van der Waals surface area contributed by atoms with E-state index in [2.05, 4.69) is 25.6 Å². The van der Waals surface area contributed by atoms with Gasteiger partial charge in [0.25, 0.3) is 0 Å². The molecule has 9 heteroatoms. The van der Waals surface area contributed by atoms with Gasteiger partial charge in [-0.2, -0.15) is 0 Å². The van der Waals surface area contributed by atoms with E-state index in [-0.39, 0.29) is 21.6 Å². The highest BCUT2D eigenvalue weighted by atomic mass is 79.9. The molecule has 0 atom stereocenters. The third kappa shape index (κ3) is 3.17. The molecule has 5 nitrogen and oxygen atoms in total. The minimum absolute atomic E-state index is 0.0426. The number of hydrogen-bond acceptors (Lipinski definition) is 5. The van der Waals surface area contributed by atoms with Gasteiger partial charge in [-0.05, 0) is 35.0 Å². The number of sulfonamides is 1. The van der Waals surface area contributed by atoms with E-state index in [0.29, 0.717) is 0 Å². The van der Waals surface area contributed by atoms with Gasteiger partial charge in [0.2, 0.25) is 10.0 Å². The van der Waals surface area contributed by atoms with Crippen LogP contribution in [0, 0.1) is 12.7 Å². The monoisotopic (exact) mass is 379 g/mol. The van der Waals surface area contributed by atoms with Crippen molar-refractivity contribution in [2.45, 2.75) is 18.4 Å². The van der Waals surface area contributed by atoms with Gasteiger partial charge in [-0.15, -0.1) is 11.3 Å². The van der Waals surface area contributed by atoms with Crippen molar-refractivity contribution in [2.75, 3.05) is 5.73 Å². The molecule has 20 heavy (non-hydrogen) atoms. The molecular weight excluding hydrogens is 369 g/mol. The van der Waals surface area contributed by atoms with Gasteiger partial charge in [0.1, 0.15) is 10.7 Å². The molecule has 2 rings (SSSR count). The second-order valence-corrected chi connectivity index (χ2v) is 7.52. The fourth-order valence-electron chi connectivity index (χ4n) is 1.51. The lowest BCUT2D eigenvalue weighted by atomic mass is 10.3. The van der Waals surface area contributed by atoms with Crippen LogP contribution in [0.3, 0.4) is 0 Å². The Kier molecular flexibility index (Phi) is 4.43. The Balaban J connectivity index is 2.27. The molecule has 108 valence electrons. The summed E-state index contributed by atoms with van der Waals surface area (Å²) in [6, 6.07) is 2.11. The first-order chi connectivity index (χ1) is 9.31. The number of nitrogens with zero attached hydrogens (tertiary/aromatic N) is 1. The molecule has 0 aliphatic heterocycles. The van der Waals surface area contributed by atoms with Gasteiger partial charge in [0.15, 0.2) is 0 Å². The first-order valence-corrected chi connectivity index (χ1v) is 8.60. The van der Waals surface area contributed by atoms with Crippen LogP contribution in [0.1, 0.15) is 10.6 Å². The Labute approximate surface area is 128 Å². The number of thiazole rings is 1. The van der Waals surface area contributed by atoms with E-state index in [1.165, 1.54) is 11.3 Å². The highest BCUT2D eigenvalue weighted by Crippen LogP contribution is 2.26. The van der Waals surface area contributed by atoms with E-state index in [1.54, 1.807) is 12.4 Å². The number of halogens is 2. The maximum absolute atomic E-state index is 13.3. The van der Waals surface area contributed by atoms with Gasteiger partial charge in [-0.3, -0.25) is 0 Å². The van der Waals surface area contributed by atoms with E-state index in [0.717, 1.165) is 22.7 Å². The third-order valence-corrected chi connectivity index (χ3v) is 5.61. The van der Waals surface area contributed by atoms with Crippen LogP contribution in [0.25, 0.3) is 0 Å². The molecule has 2 aromatic rings. The summed E-state index contributed by atoms with van der Waals surface area (Å²) in [5.74, 6) is -0.611. The summed E-state index contributed by atoms with van der Waals surface area (Å²) in [6.07, 6.45) is 0. The normalized spacial score (nSPS) is 11.8. The van der Waals surface area contributed by atoms with Crippen LogP contribution in [-0.4, -0.2) is 13.4 Å². The van der Waals surface area contributed by atoms with Crippen molar-refractivity contribution < 1.29 is 12.8 Å². The number of aromatic nitrogens is 1. The van der Waals surface area contributed by atoms with Crippen LogP contribution in [0.4, 0.5) is 10.1 Å². The number of nitrogen functional groups attached to an aromatic ring is 1. The molecule has 0 aliphatic rings. The Morgan fingerprint density at radius 2 is 2.20 bits per heavy atom. The molecule has 0 bridgehead atoms. The van der Waals surface area contributed by atoms with Crippen molar-refractivity contribution in [3.63, 3.8) is 0 Å². The predicted octanol–water partition coefficient (Wildman–Crippen LogP) is 2.41. The molecule has 0 radical (unpaired) electrons. The average molecular weight is 380 g/mol. The summed E-state index contributed by atoms with van der Waals surface area (Å²) in [5.41, 5.74) is 7.84. The van der Waals surface area contributed by atoms with Crippen molar-refractivity contribution in [1.29, 1.82) is 0 Å². The summed E-state index contributed by atoms with van der Waals surface area (Å²) >= 11 is 4.30. The highest BCUT2D eigenvalue weighted by molar-refractivity contribution is 9.10. The van der Waals surface area contributed by atoms with Gasteiger partial charge in [-0.25, -0.2) is 22.5 Å². The number of hydrogen-bond donors (Lipinski definition) is 2. The lowest BCUT2D eigenvalue weighted by Crippen LogP contribution is -2.24. The fraction of sp³-hybridized carbons (Fsp3) is 0.182. The van der Waals surface area contributed by atoms with E-state index in [9.17, 15) is 12.8 Å². The second kappa shape index (κ2) is 5.76. The second-order valence-electron chi connectivity index (χ2n) is 3.99. The number of nitrogens with one attached hydrogen (secondary N) is 1. The molecule has 0 fully saturated rings. The third-order valence-electron chi connectivity index (χ3n) is 2.61. The Morgan fingerprint density at radius 3 is 2.80 bits per heavy atom. The van der Waals surface area contributed by atoms with Gasteiger partial charge in [0, 0.05) is 11.4 Å². The number of anilines is 1. The predicted molar refractivity (Wildman–Crippen MR) is 79.4 cm³/mol. The zero-order valence-corrected chi connectivity index (χ0v) is 13.6. The topological polar surface area (TPSA) is 85.1 Å². The van der Waals surface area contributed by atoms with Crippen molar-refractivity contribution in [3.05, 3.63) is 38.5 Å². The Hall–Kier alpha value is -1.03. The van der Waals surface area contributed by atoms with E-state index >= 15 is 0 Å². The molecule has 1 aromatic carbocycles. The first-order valence-electron chi connectivity index (χ1n) is 5.44. The number of benzene rings is 1. The van der Waals surface area contributed by atoms with Crippen molar-refractivity contribution in [3.8, 4) is 0 Å². The molecule has 0 aliphatic carbocycles. The van der Waals surface area contributed by atoms with Crippen LogP contribution in [-0.2, 0) is 16.6 Å². The first kappa shape index (κ1) is 15.4. The Bertz CT molecular complexity index is 746. The highest BCUT2D eigenvalue weighted by Gasteiger charge is 2.20. The molecule has 1 aromatic heterocycles. The van der Waals surface area contributed by atoms with Gasteiger partial charge < -0.3 is 5.73 Å². The molecular formula is C11H11BrFN3O2S2. The quantitative estimate of drug-likeness (QED) is 0.798. The largest absolute Gasteiger partial charge is 0.398 e. The minimum atomic E-state index is -3.82. The molecule has 1 heterocycles. The van der Waals surface area contributed by atoms with Crippen LogP contribution in [0.5, 0.6) is 0 Å². The molecule has 0 spiro atoms. The standard InChI is InChI=1S/C11H11BrFN3O2S2/c1-6-10(19-5-15-6)4-16-20(17,18)11-2-7(12)8(13)3-9(11)14/h2-3,5,16H,4,14H2,1H3. The molecule has 0 saturated heterocycles. The summed E-state index contributed by atoms with van der Waals surface area (Å²) < 4.78 is 40.1. The minimum Gasteiger partial charge on any atom is -0.398 e. The van der Waals surface area contributed by atoms with Crippen molar-refractivity contribution in [1.82, 2.24) is 9.71 Å². The lowest BCUT2D eigenvalue weighted by Gasteiger charge is -2.09. The van der Waals surface area contributed by atoms with E-state index in [1.807, 2.05) is 0 Å². The van der Waals surface area contributed by atoms with E-state index in [4.69, 9.17) is 5.73 Å². The molecule has 3 N–H and O–H groups in total. The number of nitrogens with two attached hydrogens (primary N) is 1. The number of aryl methyl sites for hydroxylation is 1. The summed E-state index contributed by atoms with van der Waals surface area (Å²) in [7, 11) is -3.82. The zero-order chi connectivity index (χ0) is 14.9. The fourth-order valence-corrected chi connectivity index (χ4v) is 3.95. The van der Waals surface area contributed by atoms with Crippen LogP contribution < -0.4 is 10.5 Å². The molecule has 0 saturated carbocycles. The van der Waals surface area contributed by atoms with Crippen molar-refractivity contribution >= 4 is 43.0 Å². The summed E-state index contributed by atoms with van der Waals surface area (Å²) in [5, 5.41) is 0. The van der Waals surface area contributed by atoms with Gasteiger partial charge >= 0.3 is 0 Å². The van der Waals surface area contributed by atoms with Crippen LogP contribution in [0.2, 0.25) is 0 Å².